The number of hydrogen-bond donors (Lipinski definition) is 0. The van der Waals surface area contributed by atoms with E-state index in [9.17, 15) is 4.79 Å². The van der Waals surface area contributed by atoms with Crippen LogP contribution in [0.25, 0.3) is 6.08 Å². The van der Waals surface area contributed by atoms with Gasteiger partial charge in [-0.3, -0.25) is 9.48 Å². The largest absolute Gasteiger partial charge is 0.493 e. The molecular formula is C19H22N2O4. The lowest BCUT2D eigenvalue weighted by molar-refractivity contribution is 0.102. The molecule has 0 unspecified atom stereocenters. The van der Waals surface area contributed by atoms with E-state index in [0.717, 1.165) is 23.3 Å². The molecule has 6 heteroatoms. The van der Waals surface area contributed by atoms with E-state index in [0.29, 0.717) is 35.8 Å². The summed E-state index contributed by atoms with van der Waals surface area (Å²) in [6.45, 7) is 2.41. The van der Waals surface area contributed by atoms with Crippen molar-refractivity contribution in [3.8, 4) is 17.2 Å². The Morgan fingerprint density at radius 3 is 2.48 bits per heavy atom. The Bertz CT molecular complexity index is 811. The minimum Gasteiger partial charge on any atom is -0.493 e. The van der Waals surface area contributed by atoms with Crippen molar-refractivity contribution >= 4 is 11.9 Å². The van der Waals surface area contributed by atoms with Crippen molar-refractivity contribution in [1.82, 2.24) is 9.78 Å². The van der Waals surface area contributed by atoms with Crippen molar-refractivity contribution in [2.24, 2.45) is 7.05 Å². The molecule has 1 aromatic carbocycles. The van der Waals surface area contributed by atoms with Crippen LogP contribution in [0.4, 0.5) is 0 Å². The smallest absolute Gasteiger partial charge is 0.203 e. The van der Waals surface area contributed by atoms with E-state index in [2.05, 4.69) is 5.10 Å². The van der Waals surface area contributed by atoms with Gasteiger partial charge in [0.25, 0.3) is 0 Å². The van der Waals surface area contributed by atoms with Crippen LogP contribution in [0.2, 0.25) is 0 Å². The molecule has 1 aromatic heterocycles. The van der Waals surface area contributed by atoms with E-state index in [1.165, 1.54) is 0 Å². The summed E-state index contributed by atoms with van der Waals surface area (Å²) in [6, 6.07) is 3.71. The first-order valence-corrected chi connectivity index (χ1v) is 8.24. The minimum absolute atomic E-state index is 0.0289. The number of Topliss-reactive ketones (excluding diaryl/α,β-unsaturated/α-hetero) is 1. The first-order valence-electron chi connectivity index (χ1n) is 8.24. The van der Waals surface area contributed by atoms with Crippen LogP contribution in [-0.2, 0) is 13.5 Å². The number of methoxy groups -OCH3 is 2. The zero-order chi connectivity index (χ0) is 18.0. The van der Waals surface area contributed by atoms with Gasteiger partial charge in [-0.2, -0.15) is 5.10 Å². The number of carbonyl (C=O) groups is 1. The first kappa shape index (κ1) is 17.1. The molecule has 6 nitrogen and oxygen atoms in total. The maximum atomic E-state index is 12.7. The number of nitrogens with zero attached hydrogens (tertiary/aromatic N) is 2. The zero-order valence-electron chi connectivity index (χ0n) is 15.0. The van der Waals surface area contributed by atoms with Crippen LogP contribution in [0.1, 0.15) is 35.0 Å². The molecule has 0 amide bonds. The molecule has 0 fully saturated rings. The molecule has 25 heavy (non-hydrogen) atoms. The molecule has 132 valence electrons. The number of fused-ring (bicyclic) bond motifs is 1. The summed E-state index contributed by atoms with van der Waals surface area (Å²) in [5.74, 6) is 1.76. The van der Waals surface area contributed by atoms with Gasteiger partial charge >= 0.3 is 0 Å². The fourth-order valence-corrected chi connectivity index (χ4v) is 3.10. The summed E-state index contributed by atoms with van der Waals surface area (Å²) in [4.78, 5) is 12.7. The minimum atomic E-state index is 0.0289. The molecule has 0 bridgehead atoms. The molecule has 1 aliphatic carbocycles. The second-order valence-electron chi connectivity index (χ2n) is 5.81. The third-order valence-corrected chi connectivity index (χ3v) is 4.34. The Labute approximate surface area is 147 Å². The second kappa shape index (κ2) is 7.01. The Balaban J connectivity index is 2.00. The van der Waals surface area contributed by atoms with Crippen LogP contribution in [-0.4, -0.2) is 36.4 Å². The SMILES string of the molecule is CCOc1c(OC)cc(/C=C2\CCc3c(cnn3C)C2=O)cc1OC. The average Bonchev–Trinajstić information content (AvgIpc) is 3.00. The maximum Gasteiger partial charge on any atom is 0.203 e. The van der Waals surface area contributed by atoms with Crippen molar-refractivity contribution in [3.63, 3.8) is 0 Å². The molecule has 0 aliphatic heterocycles. The van der Waals surface area contributed by atoms with Gasteiger partial charge in [0.05, 0.1) is 32.6 Å². The van der Waals surface area contributed by atoms with Crippen LogP contribution in [0.5, 0.6) is 17.2 Å². The van der Waals surface area contributed by atoms with Crippen molar-refractivity contribution in [3.05, 3.63) is 40.7 Å². The van der Waals surface area contributed by atoms with Crippen molar-refractivity contribution in [2.75, 3.05) is 20.8 Å². The summed E-state index contributed by atoms with van der Waals surface area (Å²) in [5, 5.41) is 4.19. The van der Waals surface area contributed by atoms with E-state index >= 15 is 0 Å². The monoisotopic (exact) mass is 342 g/mol. The number of carbonyl (C=O) groups excluding carboxylic acids is 1. The molecule has 1 aliphatic rings. The highest BCUT2D eigenvalue weighted by Gasteiger charge is 2.25. The standard InChI is InChI=1S/C19H22N2O4/c1-5-25-19-16(23-3)9-12(10-17(19)24-4)8-13-6-7-15-14(18(13)22)11-20-21(15)2/h8-11H,5-7H2,1-4H3/b13-8+. The van der Waals surface area contributed by atoms with Gasteiger partial charge < -0.3 is 14.2 Å². The molecule has 0 saturated carbocycles. The quantitative estimate of drug-likeness (QED) is 0.782. The van der Waals surface area contributed by atoms with E-state index < -0.39 is 0 Å². The molecule has 2 aromatic rings. The van der Waals surface area contributed by atoms with Crippen LogP contribution >= 0.6 is 0 Å². The lowest BCUT2D eigenvalue weighted by atomic mass is 9.90. The molecule has 0 saturated heterocycles. The topological polar surface area (TPSA) is 62.6 Å². The highest BCUT2D eigenvalue weighted by molar-refractivity contribution is 6.12. The number of ether oxygens (including phenoxy) is 3. The fraction of sp³-hybridized carbons (Fsp3) is 0.368. The molecule has 1 heterocycles. The maximum absolute atomic E-state index is 12.7. The fourth-order valence-electron chi connectivity index (χ4n) is 3.10. The van der Waals surface area contributed by atoms with Crippen LogP contribution in [0.15, 0.2) is 23.9 Å². The number of aromatic nitrogens is 2. The van der Waals surface area contributed by atoms with Gasteiger partial charge in [0, 0.05) is 18.3 Å². The van der Waals surface area contributed by atoms with Gasteiger partial charge in [-0.25, -0.2) is 0 Å². The average molecular weight is 342 g/mol. The number of ketones is 1. The van der Waals surface area contributed by atoms with Crippen molar-refractivity contribution in [1.29, 1.82) is 0 Å². The molecular weight excluding hydrogens is 320 g/mol. The molecule has 0 radical (unpaired) electrons. The van der Waals surface area contributed by atoms with E-state index in [4.69, 9.17) is 14.2 Å². The second-order valence-corrected chi connectivity index (χ2v) is 5.81. The van der Waals surface area contributed by atoms with Gasteiger partial charge in [-0.05, 0) is 43.5 Å². The van der Waals surface area contributed by atoms with Gasteiger partial charge in [-0.1, -0.05) is 0 Å². The third kappa shape index (κ3) is 3.12. The van der Waals surface area contributed by atoms with Crippen LogP contribution in [0.3, 0.4) is 0 Å². The Hall–Kier alpha value is -2.76. The first-order chi connectivity index (χ1) is 12.1. The molecule has 3 rings (SSSR count). The lowest BCUT2D eigenvalue weighted by Gasteiger charge is -2.16. The number of aryl methyl sites for hydroxylation is 1. The van der Waals surface area contributed by atoms with Gasteiger partial charge in [0.1, 0.15) is 0 Å². The van der Waals surface area contributed by atoms with Crippen LogP contribution in [0, 0.1) is 0 Å². The van der Waals surface area contributed by atoms with E-state index in [1.54, 1.807) is 25.1 Å². The van der Waals surface area contributed by atoms with Crippen molar-refractivity contribution in [2.45, 2.75) is 19.8 Å². The number of allylic oxidation sites excluding steroid dienone is 1. The molecule has 0 N–H and O–H groups in total. The van der Waals surface area contributed by atoms with Gasteiger partial charge in [0.2, 0.25) is 5.75 Å². The number of benzene rings is 1. The lowest BCUT2D eigenvalue weighted by Crippen LogP contribution is -2.15. The van der Waals surface area contributed by atoms with Gasteiger partial charge in [-0.15, -0.1) is 0 Å². The summed E-state index contributed by atoms with van der Waals surface area (Å²) < 4.78 is 18.2. The number of hydrogen-bond acceptors (Lipinski definition) is 5. The summed E-state index contributed by atoms with van der Waals surface area (Å²) in [7, 11) is 5.03. The van der Waals surface area contributed by atoms with E-state index in [-0.39, 0.29) is 5.78 Å². The Morgan fingerprint density at radius 2 is 1.88 bits per heavy atom. The van der Waals surface area contributed by atoms with E-state index in [1.807, 2.05) is 32.2 Å². The predicted molar refractivity (Wildman–Crippen MR) is 94.6 cm³/mol. The summed E-state index contributed by atoms with van der Waals surface area (Å²) in [5.41, 5.74) is 3.27. The Kier molecular flexibility index (Phi) is 4.79. The highest BCUT2D eigenvalue weighted by Crippen LogP contribution is 2.39. The number of rotatable bonds is 5. The summed E-state index contributed by atoms with van der Waals surface area (Å²) in [6.07, 6.45) is 5.01. The third-order valence-electron chi connectivity index (χ3n) is 4.34. The predicted octanol–water partition coefficient (Wildman–Crippen LogP) is 3.05. The highest BCUT2D eigenvalue weighted by atomic mass is 16.5. The molecule has 0 spiro atoms. The zero-order valence-corrected chi connectivity index (χ0v) is 15.0. The molecule has 0 atom stereocenters. The Morgan fingerprint density at radius 1 is 1.20 bits per heavy atom. The normalized spacial score (nSPS) is 15.2. The van der Waals surface area contributed by atoms with Gasteiger partial charge in [0.15, 0.2) is 17.3 Å². The summed E-state index contributed by atoms with van der Waals surface area (Å²) >= 11 is 0. The van der Waals surface area contributed by atoms with Crippen LogP contribution < -0.4 is 14.2 Å². The van der Waals surface area contributed by atoms with Crippen molar-refractivity contribution < 1.29 is 19.0 Å².